The van der Waals surface area contributed by atoms with Crippen LogP contribution in [0, 0.1) is 0 Å². The quantitative estimate of drug-likeness (QED) is 0.546. The van der Waals surface area contributed by atoms with Crippen LogP contribution in [0.2, 0.25) is 0 Å². The first-order valence-corrected chi connectivity index (χ1v) is 9.53. The van der Waals surface area contributed by atoms with Crippen LogP contribution < -0.4 is 0 Å². The minimum absolute atomic E-state index is 0.159. The van der Waals surface area contributed by atoms with Crippen LogP contribution in [0.5, 0.6) is 0 Å². The van der Waals surface area contributed by atoms with E-state index in [0.717, 1.165) is 10.9 Å². The van der Waals surface area contributed by atoms with Crippen LogP contribution in [-0.2, 0) is 9.53 Å². The summed E-state index contributed by atoms with van der Waals surface area (Å²) < 4.78 is 6.05. The Kier molecular flexibility index (Phi) is 5.65. The Bertz CT molecular complexity index is 773. The van der Waals surface area contributed by atoms with E-state index in [-0.39, 0.29) is 18.3 Å². The third kappa shape index (κ3) is 4.16. The molecule has 1 amide bonds. The number of hydrogen-bond donors (Lipinski definition) is 0. The predicted octanol–water partition coefficient (Wildman–Crippen LogP) is 3.54. The zero-order valence-corrected chi connectivity index (χ0v) is 15.7. The number of benzene rings is 1. The second-order valence-electron chi connectivity index (χ2n) is 5.67. The van der Waals surface area contributed by atoms with E-state index < -0.39 is 12.0 Å². The Balaban J connectivity index is 1.59. The molecule has 1 fully saturated rings. The number of esters is 1. The van der Waals surface area contributed by atoms with E-state index in [0.29, 0.717) is 23.4 Å². The van der Waals surface area contributed by atoms with Gasteiger partial charge in [0.2, 0.25) is 0 Å². The van der Waals surface area contributed by atoms with Crippen molar-refractivity contribution in [2.24, 2.45) is 0 Å². The summed E-state index contributed by atoms with van der Waals surface area (Å²) in [6, 6.07) is 9.78. The molecule has 130 valence electrons. The van der Waals surface area contributed by atoms with Gasteiger partial charge in [-0.05, 0) is 36.4 Å². The van der Waals surface area contributed by atoms with Crippen molar-refractivity contribution in [2.45, 2.75) is 18.9 Å². The summed E-state index contributed by atoms with van der Waals surface area (Å²) in [7, 11) is 0. The highest BCUT2D eigenvalue weighted by Crippen LogP contribution is 2.23. The van der Waals surface area contributed by atoms with E-state index in [1.807, 2.05) is 5.38 Å². The molecule has 0 saturated carbocycles. The summed E-state index contributed by atoms with van der Waals surface area (Å²) in [6.45, 7) is 0.204. The van der Waals surface area contributed by atoms with Crippen LogP contribution in [0.3, 0.4) is 0 Å². The number of carbonyl (C=O) groups is 3. The first-order valence-electron chi connectivity index (χ1n) is 7.86. The maximum atomic E-state index is 12.5. The number of ketones is 1. The second kappa shape index (κ2) is 7.93. The molecule has 2 aromatic rings. The van der Waals surface area contributed by atoms with Crippen molar-refractivity contribution in [1.82, 2.24) is 4.90 Å². The van der Waals surface area contributed by atoms with Gasteiger partial charge in [-0.25, -0.2) is 4.79 Å². The fourth-order valence-corrected chi connectivity index (χ4v) is 3.69. The lowest BCUT2D eigenvalue weighted by Crippen LogP contribution is -2.41. The Labute approximate surface area is 157 Å². The van der Waals surface area contributed by atoms with Gasteiger partial charge < -0.3 is 9.64 Å². The van der Waals surface area contributed by atoms with E-state index in [9.17, 15) is 14.4 Å². The first kappa shape index (κ1) is 17.8. The number of Topliss-reactive ketones (excluding diaryl/α,β-unsaturated/α-hetero) is 1. The van der Waals surface area contributed by atoms with E-state index in [2.05, 4.69) is 15.9 Å². The minimum atomic E-state index is -0.618. The third-order valence-electron chi connectivity index (χ3n) is 4.03. The molecule has 0 bridgehead atoms. The van der Waals surface area contributed by atoms with Crippen LogP contribution in [0.4, 0.5) is 0 Å². The van der Waals surface area contributed by atoms with Crippen LogP contribution >= 0.6 is 27.3 Å². The van der Waals surface area contributed by atoms with Gasteiger partial charge >= 0.3 is 5.97 Å². The number of thiophene rings is 1. The summed E-state index contributed by atoms with van der Waals surface area (Å²) in [5.41, 5.74) is 0.481. The van der Waals surface area contributed by atoms with Crippen LogP contribution in [0.25, 0.3) is 0 Å². The molecule has 3 rings (SSSR count). The van der Waals surface area contributed by atoms with E-state index >= 15 is 0 Å². The zero-order chi connectivity index (χ0) is 17.8. The topological polar surface area (TPSA) is 63.7 Å². The van der Waals surface area contributed by atoms with Crippen molar-refractivity contribution in [3.63, 3.8) is 0 Å². The lowest BCUT2D eigenvalue weighted by Gasteiger charge is -2.22. The molecule has 1 aliphatic heterocycles. The second-order valence-corrected chi connectivity index (χ2v) is 7.54. The molecule has 5 nitrogen and oxygen atoms in total. The van der Waals surface area contributed by atoms with Crippen molar-refractivity contribution >= 4 is 44.9 Å². The SMILES string of the molecule is O=C(COC(=O)C1CCCN1C(=O)c1cccs1)c1ccc(Br)cc1. The number of rotatable bonds is 5. The molecule has 7 heteroatoms. The lowest BCUT2D eigenvalue weighted by atomic mass is 10.1. The molecule has 1 atom stereocenters. The number of nitrogens with zero attached hydrogens (tertiary/aromatic N) is 1. The summed E-state index contributed by atoms with van der Waals surface area (Å²) in [5, 5.41) is 1.83. The van der Waals surface area contributed by atoms with Gasteiger partial charge in [0.05, 0.1) is 4.88 Å². The van der Waals surface area contributed by atoms with Gasteiger partial charge in [-0.2, -0.15) is 0 Å². The van der Waals surface area contributed by atoms with Crippen molar-refractivity contribution in [1.29, 1.82) is 0 Å². The molecule has 0 aliphatic carbocycles. The van der Waals surface area contributed by atoms with E-state index in [1.165, 1.54) is 16.2 Å². The Morgan fingerprint density at radius 3 is 2.64 bits per heavy atom. The molecule has 1 saturated heterocycles. The Morgan fingerprint density at radius 1 is 1.20 bits per heavy atom. The number of amides is 1. The number of halogens is 1. The summed E-state index contributed by atoms with van der Waals surface area (Å²) in [4.78, 5) is 39.1. The molecule has 2 heterocycles. The summed E-state index contributed by atoms with van der Waals surface area (Å²) in [5.74, 6) is -0.948. The van der Waals surface area contributed by atoms with Gasteiger partial charge in [0.25, 0.3) is 5.91 Å². The molecule has 1 unspecified atom stereocenters. The highest BCUT2D eigenvalue weighted by Gasteiger charge is 2.36. The standard InChI is InChI=1S/C18H16BrNO4S/c19-13-7-5-12(6-8-13)15(21)11-24-18(23)14-3-1-9-20(14)17(22)16-4-2-10-25-16/h2,4-8,10,14H,1,3,9,11H2. The fourth-order valence-electron chi connectivity index (χ4n) is 2.75. The molecule has 1 aromatic carbocycles. The molecule has 1 aromatic heterocycles. The highest BCUT2D eigenvalue weighted by molar-refractivity contribution is 9.10. The smallest absolute Gasteiger partial charge is 0.329 e. The molecule has 1 aliphatic rings. The average molecular weight is 422 g/mol. The van der Waals surface area contributed by atoms with Gasteiger partial charge in [-0.1, -0.05) is 34.1 Å². The molecule has 0 radical (unpaired) electrons. The molecule has 25 heavy (non-hydrogen) atoms. The largest absolute Gasteiger partial charge is 0.456 e. The minimum Gasteiger partial charge on any atom is -0.456 e. The Morgan fingerprint density at radius 2 is 1.96 bits per heavy atom. The average Bonchev–Trinajstić information content (AvgIpc) is 3.30. The van der Waals surface area contributed by atoms with E-state index in [4.69, 9.17) is 4.74 Å². The maximum absolute atomic E-state index is 12.5. The summed E-state index contributed by atoms with van der Waals surface area (Å²) >= 11 is 4.65. The van der Waals surface area contributed by atoms with Crippen molar-refractivity contribution < 1.29 is 19.1 Å². The third-order valence-corrected chi connectivity index (χ3v) is 5.42. The Hall–Kier alpha value is -1.99. The highest BCUT2D eigenvalue weighted by atomic mass is 79.9. The van der Waals surface area contributed by atoms with Crippen molar-refractivity contribution in [2.75, 3.05) is 13.2 Å². The normalized spacial score (nSPS) is 16.7. The predicted molar refractivity (Wildman–Crippen MR) is 97.8 cm³/mol. The molecular formula is C18H16BrNO4S. The number of ether oxygens (including phenoxy) is 1. The van der Waals surface area contributed by atoms with Crippen LogP contribution in [0.1, 0.15) is 32.9 Å². The molecule has 0 spiro atoms. The van der Waals surface area contributed by atoms with Gasteiger partial charge in [0.1, 0.15) is 6.04 Å². The monoisotopic (exact) mass is 421 g/mol. The van der Waals surface area contributed by atoms with E-state index in [1.54, 1.807) is 36.4 Å². The number of carbonyl (C=O) groups excluding carboxylic acids is 3. The maximum Gasteiger partial charge on any atom is 0.329 e. The molecule has 0 N–H and O–H groups in total. The van der Waals surface area contributed by atoms with Gasteiger partial charge in [0.15, 0.2) is 12.4 Å². The van der Waals surface area contributed by atoms with Crippen molar-refractivity contribution in [3.8, 4) is 0 Å². The summed E-state index contributed by atoms with van der Waals surface area (Å²) in [6.07, 6.45) is 1.31. The first-order chi connectivity index (χ1) is 12.1. The van der Waals surface area contributed by atoms with Gasteiger partial charge in [-0.15, -0.1) is 11.3 Å². The number of likely N-dealkylation sites (tertiary alicyclic amines) is 1. The zero-order valence-electron chi connectivity index (χ0n) is 13.3. The number of hydrogen-bond acceptors (Lipinski definition) is 5. The van der Waals surface area contributed by atoms with Crippen LogP contribution in [-0.4, -0.2) is 41.8 Å². The lowest BCUT2D eigenvalue weighted by molar-refractivity contribution is -0.147. The fraction of sp³-hybridized carbons (Fsp3) is 0.278. The van der Waals surface area contributed by atoms with Crippen LogP contribution in [0.15, 0.2) is 46.3 Å². The van der Waals surface area contributed by atoms with Crippen molar-refractivity contribution in [3.05, 3.63) is 56.7 Å². The van der Waals surface area contributed by atoms with Gasteiger partial charge in [0, 0.05) is 16.6 Å². The van der Waals surface area contributed by atoms with Gasteiger partial charge in [-0.3, -0.25) is 9.59 Å². The molecular weight excluding hydrogens is 406 g/mol.